The van der Waals surface area contributed by atoms with Crippen LogP contribution < -0.4 is 5.73 Å². The van der Waals surface area contributed by atoms with E-state index in [4.69, 9.17) is 5.73 Å². The molecule has 0 aromatic heterocycles. The molecule has 2 atom stereocenters. The second kappa shape index (κ2) is 5.50. The van der Waals surface area contributed by atoms with Gasteiger partial charge in [-0.05, 0) is 18.3 Å². The zero-order chi connectivity index (χ0) is 11.4. The van der Waals surface area contributed by atoms with E-state index < -0.39 is 0 Å². The van der Waals surface area contributed by atoms with Crippen molar-refractivity contribution in [2.75, 3.05) is 13.1 Å². The molecule has 0 saturated carbocycles. The van der Waals surface area contributed by atoms with Crippen LogP contribution in [0.25, 0.3) is 0 Å². The summed E-state index contributed by atoms with van der Waals surface area (Å²) in [5, 5.41) is 0. The van der Waals surface area contributed by atoms with Crippen molar-refractivity contribution in [1.29, 1.82) is 0 Å². The monoisotopic (exact) mass is 212 g/mol. The van der Waals surface area contributed by atoms with E-state index in [2.05, 4.69) is 20.8 Å². The molecule has 0 spiro atoms. The van der Waals surface area contributed by atoms with E-state index >= 15 is 0 Å². The minimum atomic E-state index is 0.157. The van der Waals surface area contributed by atoms with Crippen molar-refractivity contribution in [2.45, 2.75) is 46.1 Å². The Kier molecular flexibility index (Phi) is 4.58. The van der Waals surface area contributed by atoms with E-state index in [0.29, 0.717) is 17.7 Å². The fourth-order valence-electron chi connectivity index (χ4n) is 2.17. The summed E-state index contributed by atoms with van der Waals surface area (Å²) in [5.74, 6) is 1.42. The average molecular weight is 212 g/mol. The number of carbonyl (C=O) groups excluding carboxylic acids is 1. The molecule has 2 N–H and O–H groups in total. The van der Waals surface area contributed by atoms with E-state index in [0.717, 1.165) is 32.4 Å². The lowest BCUT2D eigenvalue weighted by molar-refractivity contribution is -0.128. The molecule has 1 fully saturated rings. The van der Waals surface area contributed by atoms with Crippen LogP contribution in [0.3, 0.4) is 0 Å². The maximum absolute atomic E-state index is 11.7. The third kappa shape index (κ3) is 3.49. The lowest BCUT2D eigenvalue weighted by Gasteiger charge is -2.21. The van der Waals surface area contributed by atoms with Gasteiger partial charge >= 0.3 is 0 Å². The highest BCUT2D eigenvalue weighted by atomic mass is 16.2. The van der Waals surface area contributed by atoms with Crippen LogP contribution in [0.2, 0.25) is 0 Å². The first-order valence-corrected chi connectivity index (χ1v) is 6.08. The fraction of sp³-hybridized carbons (Fsp3) is 0.917. The average Bonchev–Trinajstić information content (AvgIpc) is 2.48. The summed E-state index contributed by atoms with van der Waals surface area (Å²) in [6, 6.07) is 0.157. The van der Waals surface area contributed by atoms with E-state index in [1.54, 1.807) is 0 Å². The van der Waals surface area contributed by atoms with Crippen LogP contribution in [0.4, 0.5) is 0 Å². The molecule has 15 heavy (non-hydrogen) atoms. The van der Waals surface area contributed by atoms with Crippen molar-refractivity contribution < 1.29 is 4.79 Å². The highest BCUT2D eigenvalue weighted by molar-refractivity contribution is 5.78. The lowest BCUT2D eigenvalue weighted by Crippen LogP contribution is -2.38. The molecule has 0 aliphatic carbocycles. The molecule has 1 saturated heterocycles. The number of nitrogens with zero attached hydrogens (tertiary/aromatic N) is 1. The van der Waals surface area contributed by atoms with Crippen LogP contribution in [0.15, 0.2) is 0 Å². The van der Waals surface area contributed by atoms with Gasteiger partial charge in [-0.15, -0.1) is 0 Å². The predicted molar refractivity (Wildman–Crippen MR) is 62.4 cm³/mol. The number of hydrogen-bond donors (Lipinski definition) is 1. The maximum Gasteiger partial charge on any atom is 0.222 e. The third-order valence-electron chi connectivity index (χ3n) is 3.30. The first-order chi connectivity index (χ1) is 7.04. The Balaban J connectivity index is 2.40. The SMILES string of the molecule is CCCC(N)CN1CC(C(C)C)CC1=O. The van der Waals surface area contributed by atoms with E-state index in [1.165, 1.54) is 0 Å². The van der Waals surface area contributed by atoms with Crippen molar-refractivity contribution in [3.8, 4) is 0 Å². The van der Waals surface area contributed by atoms with E-state index in [1.807, 2.05) is 4.90 Å². The van der Waals surface area contributed by atoms with Crippen LogP contribution >= 0.6 is 0 Å². The summed E-state index contributed by atoms with van der Waals surface area (Å²) < 4.78 is 0. The molecule has 88 valence electrons. The van der Waals surface area contributed by atoms with Gasteiger partial charge in [0.1, 0.15) is 0 Å². The summed E-state index contributed by atoms with van der Waals surface area (Å²) in [7, 11) is 0. The molecule has 3 heteroatoms. The second-order valence-electron chi connectivity index (χ2n) is 5.06. The highest BCUT2D eigenvalue weighted by Gasteiger charge is 2.31. The largest absolute Gasteiger partial charge is 0.341 e. The minimum Gasteiger partial charge on any atom is -0.341 e. The van der Waals surface area contributed by atoms with Crippen molar-refractivity contribution >= 4 is 5.91 Å². The molecule has 1 amide bonds. The Morgan fingerprint density at radius 1 is 1.53 bits per heavy atom. The standard InChI is InChI=1S/C12H24N2O/c1-4-5-11(13)8-14-7-10(9(2)3)6-12(14)15/h9-11H,4-8,13H2,1-3H3. The molecule has 1 aliphatic rings. The number of rotatable bonds is 5. The van der Waals surface area contributed by atoms with Gasteiger partial charge in [-0.1, -0.05) is 27.2 Å². The summed E-state index contributed by atoms with van der Waals surface area (Å²) >= 11 is 0. The van der Waals surface area contributed by atoms with Gasteiger partial charge in [-0.2, -0.15) is 0 Å². The third-order valence-corrected chi connectivity index (χ3v) is 3.30. The maximum atomic E-state index is 11.7. The van der Waals surface area contributed by atoms with Gasteiger partial charge < -0.3 is 10.6 Å². The normalized spacial score (nSPS) is 23.9. The van der Waals surface area contributed by atoms with Crippen LogP contribution in [-0.4, -0.2) is 29.9 Å². The first kappa shape index (κ1) is 12.5. The molecule has 0 radical (unpaired) electrons. The lowest BCUT2D eigenvalue weighted by atomic mass is 9.95. The van der Waals surface area contributed by atoms with Crippen molar-refractivity contribution in [3.63, 3.8) is 0 Å². The zero-order valence-corrected chi connectivity index (χ0v) is 10.2. The van der Waals surface area contributed by atoms with Gasteiger partial charge in [0.05, 0.1) is 0 Å². The molecule has 3 nitrogen and oxygen atoms in total. The molecule has 0 aromatic rings. The van der Waals surface area contributed by atoms with E-state index in [9.17, 15) is 4.79 Å². The number of carbonyl (C=O) groups is 1. The van der Waals surface area contributed by atoms with Crippen LogP contribution in [-0.2, 0) is 4.79 Å². The second-order valence-corrected chi connectivity index (χ2v) is 5.06. The van der Waals surface area contributed by atoms with Gasteiger partial charge in [0.2, 0.25) is 5.91 Å². The number of hydrogen-bond acceptors (Lipinski definition) is 2. The number of nitrogens with two attached hydrogens (primary N) is 1. The molecule has 1 aliphatic heterocycles. The number of likely N-dealkylation sites (tertiary alicyclic amines) is 1. The van der Waals surface area contributed by atoms with Crippen molar-refractivity contribution in [3.05, 3.63) is 0 Å². The Labute approximate surface area is 93.0 Å². The Morgan fingerprint density at radius 3 is 2.67 bits per heavy atom. The Hall–Kier alpha value is -0.570. The van der Waals surface area contributed by atoms with Gasteiger partial charge in [-0.3, -0.25) is 4.79 Å². The molecular formula is C12H24N2O. The van der Waals surface area contributed by atoms with Crippen molar-refractivity contribution in [1.82, 2.24) is 4.90 Å². The summed E-state index contributed by atoms with van der Waals surface area (Å²) in [5.41, 5.74) is 5.95. The molecule has 2 unspecified atom stereocenters. The van der Waals surface area contributed by atoms with Gasteiger partial charge in [0.15, 0.2) is 0 Å². The van der Waals surface area contributed by atoms with Crippen LogP contribution in [0.1, 0.15) is 40.0 Å². The minimum absolute atomic E-state index is 0.157. The van der Waals surface area contributed by atoms with Crippen molar-refractivity contribution in [2.24, 2.45) is 17.6 Å². The van der Waals surface area contributed by atoms with Gasteiger partial charge in [0.25, 0.3) is 0 Å². The molecule has 1 heterocycles. The van der Waals surface area contributed by atoms with Gasteiger partial charge in [0, 0.05) is 25.6 Å². The highest BCUT2D eigenvalue weighted by Crippen LogP contribution is 2.24. The first-order valence-electron chi connectivity index (χ1n) is 6.08. The quantitative estimate of drug-likeness (QED) is 0.752. The molecule has 1 rings (SSSR count). The zero-order valence-electron chi connectivity index (χ0n) is 10.2. The Bertz CT molecular complexity index is 216. The van der Waals surface area contributed by atoms with Crippen LogP contribution in [0.5, 0.6) is 0 Å². The summed E-state index contributed by atoms with van der Waals surface area (Å²) in [6.07, 6.45) is 2.82. The van der Waals surface area contributed by atoms with Crippen LogP contribution in [0, 0.1) is 11.8 Å². The molecule has 0 aromatic carbocycles. The van der Waals surface area contributed by atoms with Gasteiger partial charge in [-0.25, -0.2) is 0 Å². The number of amides is 1. The smallest absolute Gasteiger partial charge is 0.222 e. The Morgan fingerprint density at radius 2 is 2.20 bits per heavy atom. The molecule has 0 bridgehead atoms. The predicted octanol–water partition coefficient (Wildman–Crippen LogP) is 1.62. The van der Waals surface area contributed by atoms with E-state index in [-0.39, 0.29) is 6.04 Å². The summed E-state index contributed by atoms with van der Waals surface area (Å²) in [6.45, 7) is 8.16. The summed E-state index contributed by atoms with van der Waals surface area (Å²) in [4.78, 5) is 13.6. The fourth-order valence-corrected chi connectivity index (χ4v) is 2.17. The molecular weight excluding hydrogens is 188 g/mol. The topological polar surface area (TPSA) is 46.3 Å².